The van der Waals surface area contributed by atoms with E-state index in [1.807, 2.05) is 32.2 Å². The summed E-state index contributed by atoms with van der Waals surface area (Å²) in [6, 6.07) is 5.64. The van der Waals surface area contributed by atoms with Crippen LogP contribution in [-0.4, -0.2) is 12.3 Å². The highest BCUT2D eigenvalue weighted by Gasteiger charge is 1.99. The van der Waals surface area contributed by atoms with Crippen molar-refractivity contribution >= 4 is 11.4 Å². The Labute approximate surface area is 66.0 Å². The molecule has 0 heterocycles. The highest BCUT2D eigenvalue weighted by Crippen LogP contribution is 2.21. The van der Waals surface area contributed by atoms with Gasteiger partial charge in [0.2, 0.25) is 0 Å². The topological polar surface area (TPSA) is 44.3 Å². The Morgan fingerprint density at radius 2 is 1.91 bits per heavy atom. The van der Waals surface area contributed by atoms with Crippen molar-refractivity contribution in [2.24, 2.45) is 0 Å². The molecule has 60 valence electrons. The van der Waals surface area contributed by atoms with Gasteiger partial charge in [-0.3, -0.25) is 10.7 Å². The lowest BCUT2D eigenvalue weighted by Gasteiger charge is -2.08. The number of anilines is 2. The zero-order chi connectivity index (χ0) is 8.27. The molecular formula is C8H12N2O. The maximum atomic E-state index is 8.66. The van der Waals surface area contributed by atoms with Gasteiger partial charge in [0.05, 0.1) is 5.69 Å². The molecule has 0 spiro atoms. The molecule has 0 aliphatic carbocycles. The van der Waals surface area contributed by atoms with Crippen LogP contribution in [0.15, 0.2) is 18.2 Å². The van der Waals surface area contributed by atoms with E-state index in [4.69, 9.17) is 5.21 Å². The van der Waals surface area contributed by atoms with Crippen LogP contribution in [0.5, 0.6) is 0 Å². The molecule has 0 aliphatic heterocycles. The van der Waals surface area contributed by atoms with Crippen LogP contribution in [0.2, 0.25) is 0 Å². The molecule has 0 aliphatic rings. The molecule has 0 radical (unpaired) electrons. The molecule has 0 atom stereocenters. The quantitative estimate of drug-likeness (QED) is 0.566. The maximum absolute atomic E-state index is 8.66. The van der Waals surface area contributed by atoms with Crippen LogP contribution in [0, 0.1) is 6.92 Å². The summed E-state index contributed by atoms with van der Waals surface area (Å²) in [5.41, 5.74) is 4.89. The summed E-state index contributed by atoms with van der Waals surface area (Å²) in [5, 5.41) is 11.7. The molecule has 1 aromatic rings. The smallest absolute Gasteiger partial charge is 0.0651 e. The first-order valence-corrected chi connectivity index (χ1v) is 3.47. The van der Waals surface area contributed by atoms with Crippen molar-refractivity contribution in [3.63, 3.8) is 0 Å². The fourth-order valence-electron chi connectivity index (χ4n) is 1.03. The Kier molecular flexibility index (Phi) is 2.33. The minimum absolute atomic E-state index is 0.733. The lowest BCUT2D eigenvalue weighted by molar-refractivity contribution is 0.388. The molecule has 1 aromatic carbocycles. The second-order valence-electron chi connectivity index (χ2n) is 2.34. The normalized spacial score (nSPS) is 9.36. The molecule has 3 N–H and O–H groups in total. The van der Waals surface area contributed by atoms with E-state index >= 15 is 0 Å². The minimum atomic E-state index is 0.733. The molecule has 3 nitrogen and oxygen atoms in total. The lowest BCUT2D eigenvalue weighted by atomic mass is 10.1. The fraction of sp³-hybridized carbons (Fsp3) is 0.250. The highest BCUT2D eigenvalue weighted by atomic mass is 16.5. The monoisotopic (exact) mass is 152 g/mol. The van der Waals surface area contributed by atoms with E-state index in [9.17, 15) is 0 Å². The summed E-state index contributed by atoms with van der Waals surface area (Å²) in [6.07, 6.45) is 0. The first-order chi connectivity index (χ1) is 5.29. The Morgan fingerprint density at radius 3 is 2.45 bits per heavy atom. The molecule has 0 saturated carbocycles. The van der Waals surface area contributed by atoms with Crippen molar-refractivity contribution in [3.8, 4) is 0 Å². The minimum Gasteiger partial charge on any atom is -0.388 e. The van der Waals surface area contributed by atoms with Crippen LogP contribution in [0.4, 0.5) is 11.4 Å². The maximum Gasteiger partial charge on any atom is 0.0651 e. The average molecular weight is 152 g/mol. The van der Waals surface area contributed by atoms with Crippen molar-refractivity contribution in [1.82, 2.24) is 0 Å². The van der Waals surface area contributed by atoms with Gasteiger partial charge >= 0.3 is 0 Å². The van der Waals surface area contributed by atoms with Gasteiger partial charge in [0.1, 0.15) is 0 Å². The van der Waals surface area contributed by atoms with Gasteiger partial charge in [0.25, 0.3) is 0 Å². The number of nitrogens with one attached hydrogen (secondary N) is 2. The summed E-state index contributed by atoms with van der Waals surface area (Å²) < 4.78 is 0. The number of hydrogen-bond donors (Lipinski definition) is 3. The summed E-state index contributed by atoms with van der Waals surface area (Å²) in [6.45, 7) is 1.93. The van der Waals surface area contributed by atoms with Gasteiger partial charge in [0.15, 0.2) is 0 Å². The summed E-state index contributed by atoms with van der Waals surface area (Å²) >= 11 is 0. The van der Waals surface area contributed by atoms with E-state index in [-0.39, 0.29) is 0 Å². The molecule has 0 fully saturated rings. The molecule has 3 heteroatoms. The Balaban J connectivity index is 3.10. The summed E-state index contributed by atoms with van der Waals surface area (Å²) in [5.74, 6) is 0. The van der Waals surface area contributed by atoms with Crippen molar-refractivity contribution in [3.05, 3.63) is 23.8 Å². The third-order valence-corrected chi connectivity index (χ3v) is 1.72. The van der Waals surface area contributed by atoms with Crippen molar-refractivity contribution in [2.45, 2.75) is 6.92 Å². The van der Waals surface area contributed by atoms with E-state index < -0.39 is 0 Å². The van der Waals surface area contributed by atoms with Crippen LogP contribution in [-0.2, 0) is 0 Å². The molecule has 0 unspecified atom stereocenters. The largest absolute Gasteiger partial charge is 0.388 e. The predicted molar refractivity (Wildman–Crippen MR) is 46.1 cm³/mol. The van der Waals surface area contributed by atoms with E-state index in [1.54, 1.807) is 0 Å². The number of rotatable bonds is 2. The third kappa shape index (κ3) is 1.43. The van der Waals surface area contributed by atoms with E-state index in [0.717, 1.165) is 16.9 Å². The van der Waals surface area contributed by atoms with E-state index in [1.165, 1.54) is 0 Å². The molecule has 0 saturated heterocycles. The third-order valence-electron chi connectivity index (χ3n) is 1.72. The molecule has 11 heavy (non-hydrogen) atoms. The van der Waals surface area contributed by atoms with Gasteiger partial charge in [-0.1, -0.05) is 6.07 Å². The zero-order valence-corrected chi connectivity index (χ0v) is 6.68. The van der Waals surface area contributed by atoms with Gasteiger partial charge in [-0.2, -0.15) is 0 Å². The Hall–Kier alpha value is -1.22. The molecular weight excluding hydrogens is 140 g/mol. The van der Waals surface area contributed by atoms with Crippen LogP contribution < -0.4 is 10.8 Å². The second kappa shape index (κ2) is 3.25. The van der Waals surface area contributed by atoms with Crippen LogP contribution >= 0.6 is 0 Å². The number of benzene rings is 1. The Morgan fingerprint density at radius 1 is 1.27 bits per heavy atom. The second-order valence-corrected chi connectivity index (χ2v) is 2.34. The van der Waals surface area contributed by atoms with Gasteiger partial charge in [0, 0.05) is 12.7 Å². The van der Waals surface area contributed by atoms with E-state index in [0.29, 0.717) is 0 Å². The molecule has 1 rings (SSSR count). The van der Waals surface area contributed by atoms with Gasteiger partial charge in [-0.05, 0) is 24.6 Å². The van der Waals surface area contributed by atoms with Crippen molar-refractivity contribution in [2.75, 3.05) is 17.8 Å². The molecule has 0 bridgehead atoms. The highest BCUT2D eigenvalue weighted by molar-refractivity contribution is 5.63. The fourth-order valence-corrected chi connectivity index (χ4v) is 1.03. The van der Waals surface area contributed by atoms with Crippen LogP contribution in [0.25, 0.3) is 0 Å². The molecule has 0 aromatic heterocycles. The summed E-state index contributed by atoms with van der Waals surface area (Å²) in [7, 11) is 1.85. The lowest BCUT2D eigenvalue weighted by Crippen LogP contribution is -1.96. The van der Waals surface area contributed by atoms with Gasteiger partial charge < -0.3 is 5.32 Å². The first kappa shape index (κ1) is 7.88. The van der Waals surface area contributed by atoms with Crippen molar-refractivity contribution < 1.29 is 5.21 Å². The molecule has 0 amide bonds. The Bertz CT molecular complexity index is 226. The predicted octanol–water partition coefficient (Wildman–Crippen LogP) is 1.84. The standard InChI is InChI=1S/C8H12N2O/c1-6-7(9-2)4-3-5-8(6)10-11/h3-5,9-11H,1-2H3. The van der Waals surface area contributed by atoms with Crippen LogP contribution in [0.1, 0.15) is 5.56 Å². The van der Waals surface area contributed by atoms with Gasteiger partial charge in [-0.15, -0.1) is 0 Å². The van der Waals surface area contributed by atoms with Crippen molar-refractivity contribution in [1.29, 1.82) is 0 Å². The number of hydrogen-bond acceptors (Lipinski definition) is 3. The summed E-state index contributed by atoms with van der Waals surface area (Å²) in [4.78, 5) is 0. The zero-order valence-electron chi connectivity index (χ0n) is 6.68. The SMILES string of the molecule is CNc1cccc(NO)c1C. The van der Waals surface area contributed by atoms with Gasteiger partial charge in [-0.25, -0.2) is 0 Å². The average Bonchev–Trinajstić information content (AvgIpc) is 2.05. The first-order valence-electron chi connectivity index (χ1n) is 3.47. The van der Waals surface area contributed by atoms with E-state index in [2.05, 4.69) is 10.8 Å². The van der Waals surface area contributed by atoms with Crippen LogP contribution in [0.3, 0.4) is 0 Å².